The van der Waals surface area contributed by atoms with Crippen molar-refractivity contribution in [3.8, 4) is 0 Å². The Bertz CT molecular complexity index is 385. The molecule has 5 nitrogen and oxygen atoms in total. The van der Waals surface area contributed by atoms with Crippen molar-refractivity contribution < 1.29 is 4.79 Å². The Labute approximate surface area is 93.6 Å². The predicted octanol–water partition coefficient (Wildman–Crippen LogP) is -0.00160. The lowest BCUT2D eigenvalue weighted by molar-refractivity contribution is 0.0958. The van der Waals surface area contributed by atoms with Crippen molar-refractivity contribution in [1.82, 2.24) is 15.1 Å². The third kappa shape index (κ3) is 3.02. The van der Waals surface area contributed by atoms with E-state index >= 15 is 0 Å². The highest BCUT2D eigenvalue weighted by Gasteiger charge is 2.13. The van der Waals surface area contributed by atoms with Crippen LogP contribution in [-0.2, 0) is 13.5 Å². The van der Waals surface area contributed by atoms with Crippen molar-refractivity contribution >= 4 is 23.1 Å². The molecule has 0 aliphatic rings. The summed E-state index contributed by atoms with van der Waals surface area (Å²) in [7, 11) is 1.78. The Morgan fingerprint density at radius 1 is 1.73 bits per heavy atom. The molecular formula is C9H14N4OS. The first kappa shape index (κ1) is 11.6. The van der Waals surface area contributed by atoms with Crippen molar-refractivity contribution in [2.75, 3.05) is 6.54 Å². The molecule has 0 unspecified atom stereocenters. The molecule has 0 aliphatic heterocycles. The SMILES string of the molecule is CCc1nn(C)cc1C(=O)NCC(N)=S. The van der Waals surface area contributed by atoms with E-state index in [1.165, 1.54) is 0 Å². The quantitative estimate of drug-likeness (QED) is 0.709. The normalized spacial score (nSPS) is 10.0. The monoisotopic (exact) mass is 226 g/mol. The molecule has 1 rings (SSSR count). The molecule has 15 heavy (non-hydrogen) atoms. The summed E-state index contributed by atoms with van der Waals surface area (Å²) in [5.41, 5.74) is 6.65. The number of aryl methyl sites for hydroxylation is 2. The summed E-state index contributed by atoms with van der Waals surface area (Å²) in [5, 5.41) is 6.80. The van der Waals surface area contributed by atoms with Crippen LogP contribution < -0.4 is 11.1 Å². The van der Waals surface area contributed by atoms with E-state index in [2.05, 4.69) is 22.6 Å². The predicted molar refractivity (Wildman–Crippen MR) is 61.7 cm³/mol. The van der Waals surface area contributed by atoms with Gasteiger partial charge in [0, 0.05) is 13.2 Å². The number of nitrogens with one attached hydrogen (secondary N) is 1. The van der Waals surface area contributed by atoms with E-state index in [-0.39, 0.29) is 17.4 Å². The maximum atomic E-state index is 11.7. The van der Waals surface area contributed by atoms with E-state index in [0.29, 0.717) is 5.56 Å². The molecule has 0 aliphatic carbocycles. The number of carbonyl (C=O) groups is 1. The number of carbonyl (C=O) groups excluding carboxylic acids is 1. The topological polar surface area (TPSA) is 72.9 Å². The maximum absolute atomic E-state index is 11.7. The Hall–Kier alpha value is -1.43. The Kier molecular flexibility index (Phi) is 3.79. The van der Waals surface area contributed by atoms with Crippen molar-refractivity contribution in [1.29, 1.82) is 0 Å². The first-order chi connectivity index (χ1) is 7.04. The van der Waals surface area contributed by atoms with E-state index in [0.717, 1.165) is 12.1 Å². The number of aromatic nitrogens is 2. The summed E-state index contributed by atoms with van der Waals surface area (Å²) >= 11 is 4.67. The molecule has 0 radical (unpaired) electrons. The van der Waals surface area contributed by atoms with Gasteiger partial charge in [-0.25, -0.2) is 0 Å². The molecule has 0 atom stereocenters. The average molecular weight is 226 g/mol. The minimum Gasteiger partial charge on any atom is -0.392 e. The fourth-order valence-electron chi connectivity index (χ4n) is 1.25. The van der Waals surface area contributed by atoms with E-state index in [4.69, 9.17) is 5.73 Å². The molecule has 1 aromatic heterocycles. The molecule has 1 heterocycles. The van der Waals surface area contributed by atoms with Crippen LogP contribution in [0.5, 0.6) is 0 Å². The maximum Gasteiger partial charge on any atom is 0.255 e. The lowest BCUT2D eigenvalue weighted by Crippen LogP contribution is -2.32. The number of nitrogens with zero attached hydrogens (tertiary/aromatic N) is 2. The molecular weight excluding hydrogens is 212 g/mol. The van der Waals surface area contributed by atoms with E-state index in [1.807, 2.05) is 6.92 Å². The summed E-state index contributed by atoms with van der Waals surface area (Å²) in [6, 6.07) is 0. The van der Waals surface area contributed by atoms with Gasteiger partial charge in [-0.1, -0.05) is 19.1 Å². The molecule has 82 valence electrons. The number of rotatable bonds is 4. The van der Waals surface area contributed by atoms with Crippen LogP contribution in [0.15, 0.2) is 6.20 Å². The van der Waals surface area contributed by atoms with Gasteiger partial charge in [0.15, 0.2) is 0 Å². The highest BCUT2D eigenvalue weighted by atomic mass is 32.1. The van der Waals surface area contributed by atoms with Gasteiger partial charge >= 0.3 is 0 Å². The second kappa shape index (κ2) is 4.88. The van der Waals surface area contributed by atoms with Crippen molar-refractivity contribution in [2.24, 2.45) is 12.8 Å². The summed E-state index contributed by atoms with van der Waals surface area (Å²) in [4.78, 5) is 11.9. The number of hydrogen-bond acceptors (Lipinski definition) is 3. The summed E-state index contributed by atoms with van der Waals surface area (Å²) < 4.78 is 1.62. The minimum atomic E-state index is -0.187. The van der Waals surface area contributed by atoms with Gasteiger partial charge in [-0.05, 0) is 6.42 Å². The molecule has 0 aromatic carbocycles. The van der Waals surface area contributed by atoms with Crippen LogP contribution in [0.2, 0.25) is 0 Å². The van der Waals surface area contributed by atoms with Crippen LogP contribution in [0.1, 0.15) is 23.0 Å². The van der Waals surface area contributed by atoms with Gasteiger partial charge in [0.05, 0.1) is 22.8 Å². The van der Waals surface area contributed by atoms with Gasteiger partial charge in [-0.2, -0.15) is 5.10 Å². The van der Waals surface area contributed by atoms with Gasteiger partial charge in [0.25, 0.3) is 5.91 Å². The number of nitrogens with two attached hydrogens (primary N) is 1. The standard InChI is InChI=1S/C9H14N4OS/c1-3-7-6(5-13(2)12-7)9(14)11-4-8(10)15/h5H,3-4H2,1-2H3,(H2,10,15)(H,11,14). The van der Waals surface area contributed by atoms with Crippen LogP contribution in [0.4, 0.5) is 0 Å². The van der Waals surface area contributed by atoms with Gasteiger partial charge in [0.2, 0.25) is 0 Å². The largest absolute Gasteiger partial charge is 0.392 e. The minimum absolute atomic E-state index is 0.187. The smallest absolute Gasteiger partial charge is 0.255 e. The Balaban J connectivity index is 2.76. The van der Waals surface area contributed by atoms with Crippen molar-refractivity contribution in [3.63, 3.8) is 0 Å². The number of hydrogen-bond donors (Lipinski definition) is 2. The molecule has 6 heteroatoms. The van der Waals surface area contributed by atoms with E-state index < -0.39 is 0 Å². The molecule has 1 aromatic rings. The first-order valence-corrected chi connectivity index (χ1v) is 5.04. The summed E-state index contributed by atoms with van der Waals surface area (Å²) in [6.07, 6.45) is 2.41. The van der Waals surface area contributed by atoms with Gasteiger partial charge in [-0.3, -0.25) is 9.48 Å². The summed E-state index contributed by atoms with van der Waals surface area (Å²) in [5.74, 6) is -0.187. The highest BCUT2D eigenvalue weighted by Crippen LogP contribution is 2.06. The first-order valence-electron chi connectivity index (χ1n) is 4.63. The molecule has 1 amide bonds. The summed E-state index contributed by atoms with van der Waals surface area (Å²) in [6.45, 7) is 2.17. The second-order valence-electron chi connectivity index (χ2n) is 3.17. The Morgan fingerprint density at radius 3 is 2.93 bits per heavy atom. The fourth-order valence-corrected chi connectivity index (χ4v) is 1.32. The van der Waals surface area contributed by atoms with Gasteiger partial charge in [-0.15, -0.1) is 0 Å². The van der Waals surface area contributed by atoms with Crippen LogP contribution in [0.25, 0.3) is 0 Å². The molecule has 0 saturated carbocycles. The van der Waals surface area contributed by atoms with E-state index in [9.17, 15) is 4.79 Å². The fraction of sp³-hybridized carbons (Fsp3) is 0.444. The van der Waals surface area contributed by atoms with Crippen LogP contribution in [-0.4, -0.2) is 27.2 Å². The zero-order valence-corrected chi connectivity index (χ0v) is 9.60. The molecule has 0 spiro atoms. The highest BCUT2D eigenvalue weighted by molar-refractivity contribution is 7.80. The lowest BCUT2D eigenvalue weighted by Gasteiger charge is -2.02. The molecule has 0 saturated heterocycles. The van der Waals surface area contributed by atoms with Crippen molar-refractivity contribution in [3.05, 3.63) is 17.5 Å². The number of amides is 1. The average Bonchev–Trinajstić information content (AvgIpc) is 2.56. The third-order valence-corrected chi connectivity index (χ3v) is 2.05. The second-order valence-corrected chi connectivity index (χ2v) is 3.69. The lowest BCUT2D eigenvalue weighted by atomic mass is 10.2. The third-order valence-electron chi connectivity index (χ3n) is 1.91. The van der Waals surface area contributed by atoms with Crippen LogP contribution in [0, 0.1) is 0 Å². The van der Waals surface area contributed by atoms with Crippen molar-refractivity contribution in [2.45, 2.75) is 13.3 Å². The molecule has 0 fully saturated rings. The zero-order chi connectivity index (χ0) is 11.4. The van der Waals surface area contributed by atoms with Gasteiger partial charge in [0.1, 0.15) is 0 Å². The molecule has 0 bridgehead atoms. The zero-order valence-electron chi connectivity index (χ0n) is 8.78. The Morgan fingerprint density at radius 2 is 2.40 bits per heavy atom. The van der Waals surface area contributed by atoms with Crippen LogP contribution >= 0.6 is 12.2 Å². The van der Waals surface area contributed by atoms with E-state index in [1.54, 1.807) is 17.9 Å². The molecule has 3 N–H and O–H groups in total. The number of thiocarbonyl (C=S) groups is 1. The van der Waals surface area contributed by atoms with Crippen LogP contribution in [0.3, 0.4) is 0 Å². The van der Waals surface area contributed by atoms with Gasteiger partial charge < -0.3 is 11.1 Å².